The second-order valence-electron chi connectivity index (χ2n) is 7.45. The zero-order chi connectivity index (χ0) is 19.5. The van der Waals surface area contributed by atoms with Gasteiger partial charge in [-0.25, -0.2) is 4.98 Å². The summed E-state index contributed by atoms with van der Waals surface area (Å²) in [4.78, 5) is 7.21. The van der Waals surface area contributed by atoms with Crippen LogP contribution in [0.25, 0.3) is 22.5 Å². The van der Waals surface area contributed by atoms with Crippen molar-refractivity contribution in [1.29, 1.82) is 0 Å². The Labute approximate surface area is 166 Å². The van der Waals surface area contributed by atoms with Crippen LogP contribution in [-0.2, 0) is 6.54 Å². The fraction of sp³-hybridized carbons (Fsp3) is 0.348. The molecule has 0 spiro atoms. The number of likely N-dealkylation sites (tertiary alicyclic amines) is 1. The highest BCUT2D eigenvalue weighted by atomic mass is 16.5. The average Bonchev–Trinajstić information content (AvgIpc) is 3.33. The van der Waals surface area contributed by atoms with E-state index in [-0.39, 0.29) is 5.75 Å². The fourth-order valence-electron chi connectivity index (χ4n) is 4.12. The van der Waals surface area contributed by atoms with Crippen LogP contribution in [0.4, 0.5) is 0 Å². The van der Waals surface area contributed by atoms with Crippen molar-refractivity contribution in [2.75, 3.05) is 20.7 Å². The number of phenols is 1. The first-order chi connectivity index (χ1) is 13.7. The van der Waals surface area contributed by atoms with Crippen molar-refractivity contribution in [3.8, 4) is 34.0 Å². The summed E-state index contributed by atoms with van der Waals surface area (Å²) in [7, 11) is 3.79. The van der Waals surface area contributed by atoms with Crippen LogP contribution in [-0.4, -0.2) is 46.3 Å². The third-order valence-corrected chi connectivity index (χ3v) is 5.71. The molecule has 1 atom stereocenters. The minimum absolute atomic E-state index is 0.145. The Hall–Kier alpha value is -2.79. The first kappa shape index (κ1) is 18.6. The van der Waals surface area contributed by atoms with Crippen molar-refractivity contribution in [2.24, 2.45) is 0 Å². The Bertz CT molecular complexity index is 936. The van der Waals surface area contributed by atoms with E-state index in [1.54, 1.807) is 13.2 Å². The Balaban J connectivity index is 1.73. The van der Waals surface area contributed by atoms with Crippen molar-refractivity contribution in [3.05, 3.63) is 54.9 Å². The summed E-state index contributed by atoms with van der Waals surface area (Å²) >= 11 is 0. The van der Waals surface area contributed by atoms with Gasteiger partial charge in [0.25, 0.3) is 0 Å². The van der Waals surface area contributed by atoms with Gasteiger partial charge >= 0.3 is 0 Å². The molecule has 1 aromatic heterocycles. The lowest BCUT2D eigenvalue weighted by molar-refractivity contribution is 0.286. The highest BCUT2D eigenvalue weighted by Gasteiger charge is 2.22. The molecule has 1 fully saturated rings. The second-order valence-corrected chi connectivity index (χ2v) is 7.45. The molecular formula is C23H27N3O2. The first-order valence-corrected chi connectivity index (χ1v) is 9.85. The van der Waals surface area contributed by atoms with Crippen molar-refractivity contribution in [3.63, 3.8) is 0 Å². The minimum Gasteiger partial charge on any atom is -0.504 e. The number of aromatic hydroxyl groups is 1. The van der Waals surface area contributed by atoms with Gasteiger partial charge in [-0.3, -0.25) is 0 Å². The Morgan fingerprint density at radius 2 is 1.96 bits per heavy atom. The number of hydrogen-bond acceptors (Lipinski definition) is 4. The molecule has 146 valence electrons. The van der Waals surface area contributed by atoms with Crippen molar-refractivity contribution in [2.45, 2.75) is 31.8 Å². The molecule has 0 unspecified atom stereocenters. The van der Waals surface area contributed by atoms with Gasteiger partial charge in [0.05, 0.1) is 24.8 Å². The van der Waals surface area contributed by atoms with Gasteiger partial charge in [-0.2, -0.15) is 0 Å². The van der Waals surface area contributed by atoms with Crippen LogP contribution in [0.5, 0.6) is 11.5 Å². The van der Waals surface area contributed by atoms with Gasteiger partial charge in [0, 0.05) is 23.7 Å². The zero-order valence-electron chi connectivity index (χ0n) is 16.5. The quantitative estimate of drug-likeness (QED) is 0.691. The summed E-state index contributed by atoms with van der Waals surface area (Å²) in [6.07, 6.45) is 5.58. The highest BCUT2D eigenvalue weighted by Crippen LogP contribution is 2.36. The number of hydrogen-bond donors (Lipinski definition) is 1. The van der Waals surface area contributed by atoms with Crippen LogP contribution in [0.3, 0.4) is 0 Å². The minimum atomic E-state index is 0.145. The number of ether oxygens (including phenoxy) is 1. The number of imidazole rings is 1. The largest absolute Gasteiger partial charge is 0.504 e. The standard InChI is InChI=1S/C23H27N3O2/c1-25-13-6-9-19(25)12-14-26-16-24-22(17-7-4-3-5-8-17)23(26)18-10-11-20(27)21(15-18)28-2/h3-5,7-8,10-11,15-16,19,27H,6,9,12-14H2,1-2H3/t19-/m0/s1. The molecule has 0 bridgehead atoms. The number of phenolic OH excluding ortho intramolecular Hbond substituents is 1. The molecule has 1 saturated heterocycles. The number of aryl methyl sites for hydroxylation is 1. The van der Waals surface area contributed by atoms with Gasteiger partial charge in [-0.15, -0.1) is 0 Å². The summed E-state index contributed by atoms with van der Waals surface area (Å²) in [5.41, 5.74) is 4.09. The third-order valence-electron chi connectivity index (χ3n) is 5.71. The Morgan fingerprint density at radius 3 is 2.68 bits per heavy atom. The molecule has 0 radical (unpaired) electrons. The second kappa shape index (κ2) is 8.07. The topological polar surface area (TPSA) is 50.5 Å². The predicted molar refractivity (Wildman–Crippen MR) is 112 cm³/mol. The summed E-state index contributed by atoms with van der Waals surface area (Å²) in [5.74, 6) is 0.617. The molecule has 2 aromatic carbocycles. The van der Waals surface area contributed by atoms with Gasteiger partial charge in [0.1, 0.15) is 0 Å². The van der Waals surface area contributed by atoms with Crippen LogP contribution >= 0.6 is 0 Å². The monoisotopic (exact) mass is 377 g/mol. The van der Waals surface area contributed by atoms with Gasteiger partial charge in [-0.05, 0) is 51.1 Å². The molecular weight excluding hydrogens is 350 g/mol. The van der Waals surface area contributed by atoms with Crippen LogP contribution in [0, 0.1) is 0 Å². The van der Waals surface area contributed by atoms with E-state index in [0.717, 1.165) is 35.5 Å². The number of benzene rings is 2. The average molecular weight is 377 g/mol. The van der Waals surface area contributed by atoms with Gasteiger partial charge in [-0.1, -0.05) is 30.3 Å². The maximum absolute atomic E-state index is 10.0. The van der Waals surface area contributed by atoms with Crippen molar-refractivity contribution >= 4 is 0 Å². The molecule has 3 aromatic rings. The highest BCUT2D eigenvalue weighted by molar-refractivity contribution is 5.79. The van der Waals surface area contributed by atoms with E-state index in [1.165, 1.54) is 19.4 Å². The van der Waals surface area contributed by atoms with Crippen molar-refractivity contribution < 1.29 is 9.84 Å². The van der Waals surface area contributed by atoms with Crippen LogP contribution < -0.4 is 4.74 Å². The SMILES string of the molecule is COc1cc(-c2c(-c3ccccc3)ncn2CC[C@@H]2CCCN2C)ccc1O. The molecule has 5 heteroatoms. The van der Waals surface area contributed by atoms with Crippen molar-refractivity contribution in [1.82, 2.24) is 14.5 Å². The van der Waals surface area contributed by atoms with E-state index < -0.39 is 0 Å². The number of methoxy groups -OCH3 is 1. The molecule has 0 amide bonds. The van der Waals surface area contributed by atoms with Crippen LogP contribution in [0.2, 0.25) is 0 Å². The van der Waals surface area contributed by atoms with Crippen LogP contribution in [0.15, 0.2) is 54.9 Å². The molecule has 4 rings (SSSR count). The summed E-state index contributed by atoms with van der Waals surface area (Å²) in [6.45, 7) is 2.10. The molecule has 0 saturated carbocycles. The van der Waals surface area contributed by atoms with E-state index >= 15 is 0 Å². The molecule has 28 heavy (non-hydrogen) atoms. The van der Waals surface area contributed by atoms with Gasteiger partial charge in [0.15, 0.2) is 11.5 Å². The number of rotatable bonds is 6. The summed E-state index contributed by atoms with van der Waals surface area (Å²) in [5, 5.41) is 10.0. The molecule has 5 nitrogen and oxygen atoms in total. The van der Waals surface area contributed by atoms with E-state index in [0.29, 0.717) is 11.8 Å². The Kier molecular flexibility index (Phi) is 5.35. The maximum atomic E-state index is 10.0. The fourth-order valence-corrected chi connectivity index (χ4v) is 4.12. The smallest absolute Gasteiger partial charge is 0.161 e. The molecule has 1 N–H and O–H groups in total. The molecule has 1 aliphatic heterocycles. The predicted octanol–water partition coefficient (Wildman–Crippen LogP) is 4.42. The van der Waals surface area contributed by atoms with Gasteiger partial charge in [0.2, 0.25) is 0 Å². The lowest BCUT2D eigenvalue weighted by Gasteiger charge is -2.20. The third kappa shape index (κ3) is 3.62. The lowest BCUT2D eigenvalue weighted by atomic mass is 10.0. The maximum Gasteiger partial charge on any atom is 0.161 e. The summed E-state index contributed by atoms with van der Waals surface area (Å²) in [6, 6.07) is 16.4. The number of nitrogens with zero attached hydrogens (tertiary/aromatic N) is 3. The zero-order valence-corrected chi connectivity index (χ0v) is 16.5. The van der Waals surface area contributed by atoms with E-state index in [4.69, 9.17) is 9.72 Å². The van der Waals surface area contributed by atoms with E-state index in [1.807, 2.05) is 36.7 Å². The molecule has 0 aliphatic carbocycles. The molecule has 1 aliphatic rings. The molecule has 2 heterocycles. The van der Waals surface area contributed by atoms with E-state index in [2.05, 4.69) is 28.6 Å². The Morgan fingerprint density at radius 1 is 1.14 bits per heavy atom. The normalized spacial score (nSPS) is 17.1. The van der Waals surface area contributed by atoms with E-state index in [9.17, 15) is 5.11 Å². The van der Waals surface area contributed by atoms with Gasteiger partial charge < -0.3 is 19.3 Å². The lowest BCUT2D eigenvalue weighted by Crippen LogP contribution is -2.26. The summed E-state index contributed by atoms with van der Waals surface area (Å²) < 4.78 is 7.57. The first-order valence-electron chi connectivity index (χ1n) is 9.85. The number of aromatic nitrogens is 2. The van der Waals surface area contributed by atoms with Crippen LogP contribution in [0.1, 0.15) is 19.3 Å².